The van der Waals surface area contributed by atoms with E-state index in [0.717, 1.165) is 5.39 Å². The molecule has 5 heteroatoms. The van der Waals surface area contributed by atoms with Gasteiger partial charge in [-0.1, -0.05) is 18.2 Å². The summed E-state index contributed by atoms with van der Waals surface area (Å²) in [5.74, 6) is 0.286. The van der Waals surface area contributed by atoms with Crippen molar-refractivity contribution in [3.63, 3.8) is 0 Å². The quantitative estimate of drug-likeness (QED) is 0.881. The third-order valence-electron chi connectivity index (χ3n) is 2.88. The molecule has 2 aromatic rings. The van der Waals surface area contributed by atoms with Crippen LogP contribution in [-0.2, 0) is 0 Å². The van der Waals surface area contributed by atoms with Crippen LogP contribution in [0.2, 0.25) is 0 Å². The molecule has 1 aromatic heterocycles. The maximum absolute atomic E-state index is 12.3. The van der Waals surface area contributed by atoms with Gasteiger partial charge in [0.25, 0.3) is 5.91 Å². The summed E-state index contributed by atoms with van der Waals surface area (Å²) >= 11 is 11.7. The van der Waals surface area contributed by atoms with Crippen molar-refractivity contribution in [2.24, 2.45) is 0 Å². The van der Waals surface area contributed by atoms with Crippen LogP contribution in [-0.4, -0.2) is 28.2 Å². The lowest BCUT2D eigenvalue weighted by molar-refractivity contribution is 0.0923. The Morgan fingerprint density at radius 1 is 1.26 bits per heavy atom. The van der Waals surface area contributed by atoms with E-state index in [4.69, 9.17) is 23.2 Å². The highest BCUT2D eigenvalue weighted by Gasteiger charge is 2.25. The zero-order valence-corrected chi connectivity index (χ0v) is 12.0. The topological polar surface area (TPSA) is 42.0 Å². The Hall–Kier alpha value is -1.32. The van der Waals surface area contributed by atoms with Crippen molar-refractivity contribution in [1.29, 1.82) is 0 Å². The predicted molar refractivity (Wildman–Crippen MR) is 79.1 cm³/mol. The number of hydrogen-bond donors (Lipinski definition) is 1. The minimum absolute atomic E-state index is 0.215. The Morgan fingerprint density at radius 3 is 2.63 bits per heavy atom. The van der Waals surface area contributed by atoms with E-state index in [1.807, 2.05) is 31.2 Å². The van der Waals surface area contributed by atoms with Gasteiger partial charge in [-0.25, -0.2) is 0 Å². The third-order valence-corrected chi connectivity index (χ3v) is 4.06. The molecule has 0 aliphatic heterocycles. The largest absolute Gasteiger partial charge is 0.344 e. The van der Waals surface area contributed by atoms with Gasteiger partial charge in [0.1, 0.15) is 0 Å². The normalized spacial score (nSPS) is 11.5. The Balaban J connectivity index is 2.37. The van der Waals surface area contributed by atoms with Gasteiger partial charge >= 0.3 is 0 Å². The van der Waals surface area contributed by atoms with Crippen LogP contribution in [0.4, 0.5) is 0 Å². The second kappa shape index (κ2) is 5.76. The van der Waals surface area contributed by atoms with E-state index in [-0.39, 0.29) is 17.7 Å². The summed E-state index contributed by atoms with van der Waals surface area (Å²) in [7, 11) is 0. The highest BCUT2D eigenvalue weighted by atomic mass is 35.5. The van der Waals surface area contributed by atoms with Crippen LogP contribution in [0, 0.1) is 0 Å². The number of alkyl halides is 2. The summed E-state index contributed by atoms with van der Waals surface area (Å²) in [6.07, 6.45) is 1.67. The van der Waals surface area contributed by atoms with E-state index in [1.165, 1.54) is 0 Å². The summed E-state index contributed by atoms with van der Waals surface area (Å²) in [4.78, 5) is 16.6. The Bertz CT molecular complexity index is 592. The van der Waals surface area contributed by atoms with E-state index < -0.39 is 5.54 Å². The third kappa shape index (κ3) is 2.99. The number of halogens is 2. The number of para-hydroxylation sites is 1. The number of carbonyl (C=O) groups is 1. The van der Waals surface area contributed by atoms with Crippen molar-refractivity contribution < 1.29 is 4.79 Å². The first-order valence-electron chi connectivity index (χ1n) is 5.88. The van der Waals surface area contributed by atoms with Crippen molar-refractivity contribution in [2.45, 2.75) is 12.5 Å². The molecule has 0 spiro atoms. The number of aromatic nitrogens is 1. The molecule has 0 radical (unpaired) electrons. The van der Waals surface area contributed by atoms with Crippen LogP contribution in [0.25, 0.3) is 10.9 Å². The van der Waals surface area contributed by atoms with E-state index >= 15 is 0 Å². The van der Waals surface area contributed by atoms with Gasteiger partial charge < -0.3 is 5.32 Å². The Kier molecular flexibility index (Phi) is 4.27. The van der Waals surface area contributed by atoms with Crippen molar-refractivity contribution in [2.75, 3.05) is 11.8 Å². The number of rotatable bonds is 4. The fraction of sp³-hybridized carbons (Fsp3) is 0.286. The summed E-state index contributed by atoms with van der Waals surface area (Å²) in [6.45, 7) is 1.81. The van der Waals surface area contributed by atoms with E-state index in [0.29, 0.717) is 11.1 Å². The fourth-order valence-electron chi connectivity index (χ4n) is 1.73. The first-order chi connectivity index (χ1) is 9.09. The average Bonchev–Trinajstić information content (AvgIpc) is 2.46. The number of pyridine rings is 1. The minimum Gasteiger partial charge on any atom is -0.344 e. The standard InChI is InChI=1S/C14H14Cl2N2O/c1-14(8-15,9-16)18-13(19)11-6-2-4-10-5-3-7-17-12(10)11/h2-7H,8-9H2,1H3,(H,18,19). The second-order valence-corrected chi connectivity index (χ2v) is 5.20. The lowest BCUT2D eigenvalue weighted by Crippen LogP contribution is -2.49. The second-order valence-electron chi connectivity index (χ2n) is 4.66. The molecule has 19 heavy (non-hydrogen) atoms. The van der Waals surface area contributed by atoms with Gasteiger partial charge in [-0.3, -0.25) is 9.78 Å². The van der Waals surface area contributed by atoms with Gasteiger partial charge in [0.15, 0.2) is 0 Å². The Morgan fingerprint density at radius 2 is 1.95 bits per heavy atom. The van der Waals surface area contributed by atoms with E-state index in [1.54, 1.807) is 12.3 Å². The van der Waals surface area contributed by atoms with Gasteiger partial charge in [-0.05, 0) is 19.1 Å². The number of hydrogen-bond acceptors (Lipinski definition) is 2. The molecule has 2 rings (SSSR count). The van der Waals surface area contributed by atoms with Gasteiger partial charge in [0.2, 0.25) is 0 Å². The molecule has 0 bridgehead atoms. The number of carbonyl (C=O) groups excluding carboxylic acids is 1. The monoisotopic (exact) mass is 296 g/mol. The summed E-state index contributed by atoms with van der Waals surface area (Å²) in [5, 5.41) is 3.78. The summed E-state index contributed by atoms with van der Waals surface area (Å²) in [6, 6.07) is 9.25. The van der Waals surface area contributed by atoms with Crippen molar-refractivity contribution >= 4 is 40.0 Å². The average molecular weight is 297 g/mol. The molecule has 1 heterocycles. The molecule has 0 saturated heterocycles. The molecule has 0 atom stereocenters. The molecule has 0 aliphatic carbocycles. The fourth-order valence-corrected chi connectivity index (χ4v) is 2.15. The van der Waals surface area contributed by atoms with E-state index in [2.05, 4.69) is 10.3 Å². The number of fused-ring (bicyclic) bond motifs is 1. The Labute approximate surface area is 121 Å². The van der Waals surface area contributed by atoms with Crippen molar-refractivity contribution in [3.05, 3.63) is 42.1 Å². The van der Waals surface area contributed by atoms with Crippen LogP contribution >= 0.6 is 23.2 Å². The van der Waals surface area contributed by atoms with Gasteiger partial charge in [-0.15, -0.1) is 23.2 Å². The molecular weight excluding hydrogens is 283 g/mol. The summed E-state index contributed by atoms with van der Waals surface area (Å²) < 4.78 is 0. The molecule has 1 N–H and O–H groups in total. The number of benzene rings is 1. The number of nitrogens with zero attached hydrogens (tertiary/aromatic N) is 1. The zero-order valence-electron chi connectivity index (χ0n) is 10.5. The molecule has 0 saturated carbocycles. The lowest BCUT2D eigenvalue weighted by Gasteiger charge is -2.26. The first-order valence-corrected chi connectivity index (χ1v) is 6.95. The SMILES string of the molecule is CC(CCl)(CCl)NC(=O)c1cccc2cccnc12. The number of amides is 1. The van der Waals surface area contributed by atoms with Crippen molar-refractivity contribution in [3.8, 4) is 0 Å². The minimum atomic E-state index is -0.628. The molecule has 0 fully saturated rings. The van der Waals surface area contributed by atoms with Crippen LogP contribution in [0.3, 0.4) is 0 Å². The molecule has 0 unspecified atom stereocenters. The van der Waals surface area contributed by atoms with Gasteiger partial charge in [0.05, 0.1) is 16.6 Å². The van der Waals surface area contributed by atoms with Gasteiger partial charge in [0, 0.05) is 23.3 Å². The molecule has 3 nitrogen and oxygen atoms in total. The highest BCUT2D eigenvalue weighted by molar-refractivity contribution is 6.22. The molecule has 1 aromatic carbocycles. The molecule has 0 aliphatic rings. The maximum Gasteiger partial charge on any atom is 0.253 e. The van der Waals surface area contributed by atoms with Crippen LogP contribution in [0.5, 0.6) is 0 Å². The zero-order chi connectivity index (χ0) is 13.9. The highest BCUT2D eigenvalue weighted by Crippen LogP contribution is 2.17. The lowest BCUT2D eigenvalue weighted by atomic mass is 10.1. The van der Waals surface area contributed by atoms with Crippen LogP contribution in [0.15, 0.2) is 36.5 Å². The predicted octanol–water partition coefficient (Wildman–Crippen LogP) is 3.20. The van der Waals surface area contributed by atoms with E-state index in [9.17, 15) is 4.79 Å². The first kappa shape index (κ1) is 14.1. The maximum atomic E-state index is 12.3. The van der Waals surface area contributed by atoms with Crippen molar-refractivity contribution in [1.82, 2.24) is 10.3 Å². The summed E-state index contributed by atoms with van der Waals surface area (Å²) in [5.41, 5.74) is 0.575. The van der Waals surface area contributed by atoms with Crippen LogP contribution in [0.1, 0.15) is 17.3 Å². The molecule has 1 amide bonds. The molecular formula is C14H14Cl2N2O. The molecule has 100 valence electrons. The number of nitrogens with one attached hydrogen (secondary N) is 1. The smallest absolute Gasteiger partial charge is 0.253 e. The van der Waals surface area contributed by atoms with Gasteiger partial charge in [-0.2, -0.15) is 0 Å². The van der Waals surface area contributed by atoms with Crippen LogP contribution < -0.4 is 5.32 Å².